The van der Waals surface area contributed by atoms with Gasteiger partial charge in [0, 0.05) is 13.0 Å². The second-order valence-corrected chi connectivity index (χ2v) is 7.54. The summed E-state index contributed by atoms with van der Waals surface area (Å²) in [6, 6.07) is 11.9. The number of thioether (sulfide) groups is 1. The van der Waals surface area contributed by atoms with Crippen LogP contribution in [-0.2, 0) is 16.1 Å². The highest BCUT2D eigenvalue weighted by atomic mass is 32.2. The van der Waals surface area contributed by atoms with Crippen molar-refractivity contribution in [1.29, 1.82) is 0 Å². The molecule has 8 heteroatoms. The average Bonchev–Trinajstić information content (AvgIpc) is 3.41. The van der Waals surface area contributed by atoms with E-state index in [2.05, 4.69) is 10.2 Å². The van der Waals surface area contributed by atoms with E-state index in [4.69, 9.17) is 4.42 Å². The second-order valence-electron chi connectivity index (χ2n) is 6.60. The quantitative estimate of drug-likeness (QED) is 0.596. The highest BCUT2D eigenvalue weighted by molar-refractivity contribution is 7.99. The number of imide groups is 1. The molecule has 0 saturated carbocycles. The van der Waals surface area contributed by atoms with Crippen LogP contribution >= 0.6 is 11.8 Å². The number of carbonyl (C=O) groups excluding carboxylic acids is 2. The number of rotatable bonds is 6. The third-order valence-corrected chi connectivity index (χ3v) is 5.65. The molecule has 0 aliphatic carbocycles. The van der Waals surface area contributed by atoms with E-state index in [-0.39, 0.29) is 17.6 Å². The van der Waals surface area contributed by atoms with Gasteiger partial charge in [-0.2, -0.15) is 0 Å². The molecule has 0 radical (unpaired) electrons. The third-order valence-electron chi connectivity index (χ3n) is 4.70. The van der Waals surface area contributed by atoms with E-state index in [0.29, 0.717) is 30.5 Å². The monoisotopic (exact) mass is 396 g/mol. The number of aryl methyl sites for hydroxylation is 1. The Bertz CT molecular complexity index is 996. The average molecular weight is 396 g/mol. The van der Waals surface area contributed by atoms with Crippen LogP contribution in [0.3, 0.4) is 0 Å². The maximum absolute atomic E-state index is 12.4. The van der Waals surface area contributed by atoms with Gasteiger partial charge in [-0.25, -0.2) is 0 Å². The van der Waals surface area contributed by atoms with Gasteiger partial charge in [0.2, 0.25) is 11.8 Å². The Balaban J connectivity index is 1.59. The highest BCUT2D eigenvalue weighted by Gasteiger charge is 2.27. The van der Waals surface area contributed by atoms with Crippen LogP contribution in [0, 0.1) is 6.92 Å². The molecule has 28 heavy (non-hydrogen) atoms. The summed E-state index contributed by atoms with van der Waals surface area (Å²) in [4.78, 5) is 25.5. The first-order chi connectivity index (χ1) is 13.6. The molecule has 2 aromatic heterocycles. The molecule has 1 aliphatic heterocycles. The molecule has 4 rings (SSSR count). The molecule has 7 nitrogen and oxygen atoms in total. The molecule has 144 valence electrons. The lowest BCUT2D eigenvalue weighted by Gasteiger charge is -2.13. The lowest BCUT2D eigenvalue weighted by molar-refractivity contribution is -0.140. The van der Waals surface area contributed by atoms with Crippen molar-refractivity contribution in [1.82, 2.24) is 19.7 Å². The van der Waals surface area contributed by atoms with E-state index in [9.17, 15) is 9.59 Å². The number of carbonyl (C=O) groups is 2. The minimum absolute atomic E-state index is 0.0916. The zero-order valence-electron chi connectivity index (χ0n) is 15.5. The molecule has 0 atom stereocenters. The molecule has 1 aromatic carbocycles. The van der Waals surface area contributed by atoms with Crippen molar-refractivity contribution in [2.24, 2.45) is 0 Å². The van der Waals surface area contributed by atoms with E-state index in [1.807, 2.05) is 47.9 Å². The second kappa shape index (κ2) is 8.02. The van der Waals surface area contributed by atoms with Crippen LogP contribution < -0.4 is 0 Å². The standard InChI is InChI=1S/C20H20N4O3S/c1-14-16(9-11-27-14)19-21-22-20(24(19)12-15-6-3-2-4-7-15)28-13-18(26)23-10-5-8-17(23)25/h2-4,6-7,9,11H,5,8,10,12-13H2,1H3. The van der Waals surface area contributed by atoms with Crippen LogP contribution in [0.15, 0.2) is 52.2 Å². The number of amides is 2. The topological polar surface area (TPSA) is 81.2 Å². The molecule has 1 saturated heterocycles. The van der Waals surface area contributed by atoms with Crippen molar-refractivity contribution in [3.05, 3.63) is 54.0 Å². The summed E-state index contributed by atoms with van der Waals surface area (Å²) in [6.45, 7) is 2.97. The highest BCUT2D eigenvalue weighted by Crippen LogP contribution is 2.28. The molecule has 1 fully saturated rings. The van der Waals surface area contributed by atoms with E-state index in [1.165, 1.54) is 16.7 Å². The third kappa shape index (κ3) is 3.73. The zero-order valence-corrected chi connectivity index (χ0v) is 16.3. The fraction of sp³-hybridized carbons (Fsp3) is 0.300. The van der Waals surface area contributed by atoms with Crippen molar-refractivity contribution < 1.29 is 14.0 Å². The van der Waals surface area contributed by atoms with Gasteiger partial charge >= 0.3 is 0 Å². The summed E-state index contributed by atoms with van der Waals surface area (Å²) in [5, 5.41) is 9.29. The fourth-order valence-corrected chi connectivity index (χ4v) is 4.05. The number of aromatic nitrogens is 3. The summed E-state index contributed by atoms with van der Waals surface area (Å²) in [6.07, 6.45) is 2.81. The minimum atomic E-state index is -0.178. The van der Waals surface area contributed by atoms with E-state index < -0.39 is 0 Å². The number of furan rings is 1. The van der Waals surface area contributed by atoms with Gasteiger partial charge in [0.15, 0.2) is 11.0 Å². The predicted molar refractivity (Wildman–Crippen MR) is 105 cm³/mol. The number of likely N-dealkylation sites (tertiary alicyclic amines) is 1. The number of benzene rings is 1. The van der Waals surface area contributed by atoms with Gasteiger partial charge in [-0.1, -0.05) is 42.1 Å². The molecule has 1 aliphatic rings. The van der Waals surface area contributed by atoms with Crippen molar-refractivity contribution in [3.63, 3.8) is 0 Å². The van der Waals surface area contributed by atoms with Crippen LogP contribution in [0.25, 0.3) is 11.4 Å². The summed E-state index contributed by atoms with van der Waals surface area (Å²) in [5.41, 5.74) is 1.98. The van der Waals surface area contributed by atoms with Gasteiger partial charge in [-0.15, -0.1) is 10.2 Å². The van der Waals surface area contributed by atoms with Crippen molar-refractivity contribution in [2.45, 2.75) is 31.5 Å². The van der Waals surface area contributed by atoms with Gasteiger partial charge in [-0.3, -0.25) is 19.1 Å². The summed E-state index contributed by atoms with van der Waals surface area (Å²) >= 11 is 1.30. The lowest BCUT2D eigenvalue weighted by Crippen LogP contribution is -2.33. The van der Waals surface area contributed by atoms with E-state index >= 15 is 0 Å². The smallest absolute Gasteiger partial charge is 0.239 e. The molecule has 0 N–H and O–H groups in total. The minimum Gasteiger partial charge on any atom is -0.469 e. The van der Waals surface area contributed by atoms with Crippen molar-refractivity contribution >= 4 is 23.6 Å². The van der Waals surface area contributed by atoms with Gasteiger partial charge in [0.05, 0.1) is 24.1 Å². The van der Waals surface area contributed by atoms with Gasteiger partial charge in [0.1, 0.15) is 5.76 Å². The molecule has 3 heterocycles. The normalized spacial score (nSPS) is 14.0. The van der Waals surface area contributed by atoms with Crippen LogP contribution in [0.4, 0.5) is 0 Å². The Hall–Kier alpha value is -2.87. The van der Waals surface area contributed by atoms with Crippen molar-refractivity contribution in [2.75, 3.05) is 12.3 Å². The molecule has 0 unspecified atom stereocenters. The number of hydrogen-bond donors (Lipinski definition) is 0. The van der Waals surface area contributed by atoms with Crippen LogP contribution in [0.2, 0.25) is 0 Å². The molecule has 3 aromatic rings. The first-order valence-electron chi connectivity index (χ1n) is 9.11. The first-order valence-corrected chi connectivity index (χ1v) is 10.1. The Labute approximate surface area is 166 Å². The summed E-state index contributed by atoms with van der Waals surface area (Å²) in [5.74, 6) is 1.34. The van der Waals surface area contributed by atoms with Crippen LogP contribution in [0.5, 0.6) is 0 Å². The Morgan fingerprint density at radius 1 is 1.21 bits per heavy atom. The lowest BCUT2D eigenvalue weighted by atomic mass is 10.2. The molecule has 0 spiro atoms. The Kier molecular flexibility index (Phi) is 5.29. The van der Waals surface area contributed by atoms with Gasteiger partial charge in [-0.05, 0) is 25.0 Å². The van der Waals surface area contributed by atoms with Crippen molar-refractivity contribution in [3.8, 4) is 11.4 Å². The largest absolute Gasteiger partial charge is 0.469 e. The van der Waals surface area contributed by atoms with Crippen LogP contribution in [-0.4, -0.2) is 43.8 Å². The molecule has 2 amide bonds. The van der Waals surface area contributed by atoms with Gasteiger partial charge < -0.3 is 4.42 Å². The number of nitrogens with zero attached hydrogens (tertiary/aromatic N) is 4. The maximum Gasteiger partial charge on any atom is 0.239 e. The van der Waals surface area contributed by atoms with E-state index in [0.717, 1.165) is 23.3 Å². The maximum atomic E-state index is 12.4. The Morgan fingerprint density at radius 2 is 2.04 bits per heavy atom. The predicted octanol–water partition coefficient (Wildman–Crippen LogP) is 3.14. The molecular weight excluding hydrogens is 376 g/mol. The van der Waals surface area contributed by atoms with E-state index in [1.54, 1.807) is 6.26 Å². The fourth-order valence-electron chi connectivity index (χ4n) is 3.24. The van der Waals surface area contributed by atoms with Gasteiger partial charge in [0.25, 0.3) is 0 Å². The SMILES string of the molecule is Cc1occc1-c1nnc(SCC(=O)N2CCCC2=O)n1Cc1ccccc1. The first kappa shape index (κ1) is 18.5. The molecular formula is C20H20N4O3S. The summed E-state index contributed by atoms with van der Waals surface area (Å²) < 4.78 is 7.41. The Morgan fingerprint density at radius 3 is 2.71 bits per heavy atom. The summed E-state index contributed by atoms with van der Waals surface area (Å²) in [7, 11) is 0. The van der Waals surface area contributed by atoms with Crippen LogP contribution in [0.1, 0.15) is 24.2 Å². The number of hydrogen-bond acceptors (Lipinski definition) is 6. The zero-order chi connectivity index (χ0) is 19.5. The molecule has 0 bridgehead atoms.